The van der Waals surface area contributed by atoms with Crippen LogP contribution in [0.2, 0.25) is 0 Å². The molecule has 1 unspecified atom stereocenters. The first kappa shape index (κ1) is 14.1. The summed E-state index contributed by atoms with van der Waals surface area (Å²) in [5.41, 5.74) is 2.58. The van der Waals surface area contributed by atoms with Gasteiger partial charge in [-0.15, -0.1) is 0 Å². The van der Waals surface area contributed by atoms with Crippen LogP contribution in [-0.2, 0) is 10.2 Å². The fraction of sp³-hybridized carbons (Fsp3) is 0.562. The molecule has 0 saturated carbocycles. The molecule has 19 heavy (non-hydrogen) atoms. The molecular weight excluding hydrogens is 236 g/mol. The molecule has 1 fully saturated rings. The minimum atomic E-state index is -0.0490. The average molecular weight is 260 g/mol. The Balaban J connectivity index is 2.30. The maximum absolute atomic E-state index is 11.8. The van der Waals surface area contributed by atoms with E-state index in [1.807, 2.05) is 7.05 Å². The minimum absolute atomic E-state index is 0.0490. The van der Waals surface area contributed by atoms with Crippen molar-refractivity contribution in [1.29, 1.82) is 0 Å². The van der Waals surface area contributed by atoms with Gasteiger partial charge in [0.15, 0.2) is 0 Å². The molecule has 2 rings (SSSR count). The van der Waals surface area contributed by atoms with Crippen molar-refractivity contribution >= 4 is 5.91 Å². The molecule has 0 bridgehead atoms. The molecule has 1 aromatic carbocycles. The highest BCUT2D eigenvalue weighted by Gasteiger charge is 2.36. The van der Waals surface area contributed by atoms with Crippen LogP contribution in [-0.4, -0.2) is 26.0 Å². The molecule has 1 aliphatic rings. The largest absolute Gasteiger partial charge is 0.356 e. The molecule has 0 spiro atoms. The number of nitrogens with one attached hydrogen (secondary N) is 2. The molecule has 1 heterocycles. The Hall–Kier alpha value is -1.35. The highest BCUT2D eigenvalue weighted by Crippen LogP contribution is 2.34. The molecule has 3 nitrogen and oxygen atoms in total. The van der Waals surface area contributed by atoms with Crippen LogP contribution in [0.3, 0.4) is 0 Å². The smallest absolute Gasteiger partial charge is 0.220 e. The molecule has 0 aromatic heterocycles. The third kappa shape index (κ3) is 2.98. The van der Waals surface area contributed by atoms with Crippen LogP contribution >= 0.6 is 0 Å². The van der Waals surface area contributed by atoms with Crippen molar-refractivity contribution in [2.75, 3.05) is 20.1 Å². The average Bonchev–Trinajstić information content (AvgIpc) is 2.39. The van der Waals surface area contributed by atoms with E-state index in [1.54, 1.807) is 0 Å². The van der Waals surface area contributed by atoms with E-state index in [0.717, 1.165) is 19.5 Å². The normalized spacial score (nSPS) is 23.5. The third-order valence-electron chi connectivity index (χ3n) is 4.13. The van der Waals surface area contributed by atoms with E-state index in [-0.39, 0.29) is 11.3 Å². The van der Waals surface area contributed by atoms with Gasteiger partial charge in [-0.05, 0) is 30.5 Å². The van der Waals surface area contributed by atoms with E-state index in [9.17, 15) is 4.79 Å². The quantitative estimate of drug-likeness (QED) is 0.871. The van der Waals surface area contributed by atoms with Gasteiger partial charge in [-0.3, -0.25) is 4.79 Å². The maximum atomic E-state index is 11.8. The first-order chi connectivity index (χ1) is 9.07. The number of piperidine rings is 1. The van der Waals surface area contributed by atoms with Gasteiger partial charge < -0.3 is 10.6 Å². The molecule has 104 valence electrons. The van der Waals surface area contributed by atoms with Crippen LogP contribution in [0.1, 0.15) is 43.7 Å². The van der Waals surface area contributed by atoms with E-state index in [1.165, 1.54) is 11.1 Å². The van der Waals surface area contributed by atoms with Crippen molar-refractivity contribution in [3.8, 4) is 0 Å². The van der Waals surface area contributed by atoms with E-state index in [0.29, 0.717) is 12.3 Å². The predicted molar refractivity (Wildman–Crippen MR) is 78.4 cm³/mol. The number of benzene rings is 1. The number of likely N-dealkylation sites (N-methyl/N-ethyl adjacent to an activating group) is 1. The Morgan fingerprint density at radius 2 is 2.00 bits per heavy atom. The van der Waals surface area contributed by atoms with E-state index in [2.05, 4.69) is 48.7 Å². The second kappa shape index (κ2) is 5.74. The topological polar surface area (TPSA) is 41.1 Å². The van der Waals surface area contributed by atoms with Gasteiger partial charge in [0.25, 0.3) is 0 Å². The Morgan fingerprint density at radius 1 is 1.32 bits per heavy atom. The van der Waals surface area contributed by atoms with Crippen molar-refractivity contribution in [3.05, 3.63) is 35.4 Å². The van der Waals surface area contributed by atoms with Crippen LogP contribution in [0.5, 0.6) is 0 Å². The Morgan fingerprint density at radius 3 is 2.53 bits per heavy atom. The summed E-state index contributed by atoms with van der Waals surface area (Å²) in [4.78, 5) is 11.8. The van der Waals surface area contributed by atoms with E-state index < -0.39 is 0 Å². The number of hydrogen-bond donors (Lipinski definition) is 2. The molecule has 0 radical (unpaired) electrons. The summed E-state index contributed by atoms with van der Waals surface area (Å²) in [5.74, 6) is 0.707. The monoisotopic (exact) mass is 260 g/mol. The molecule has 3 heteroatoms. The molecule has 0 aliphatic carbocycles. The zero-order valence-corrected chi connectivity index (χ0v) is 12.1. The maximum Gasteiger partial charge on any atom is 0.220 e. The number of carbonyl (C=O) groups excluding carboxylic acids is 1. The van der Waals surface area contributed by atoms with Crippen molar-refractivity contribution in [2.45, 2.75) is 38.0 Å². The number of rotatable bonds is 4. The number of carbonyl (C=O) groups is 1. The molecular formula is C16H24N2O. The fourth-order valence-electron chi connectivity index (χ4n) is 2.96. The zero-order chi connectivity index (χ0) is 13.9. The molecule has 1 aromatic rings. The Labute approximate surface area is 115 Å². The van der Waals surface area contributed by atoms with Gasteiger partial charge in [-0.1, -0.05) is 38.1 Å². The fourth-order valence-corrected chi connectivity index (χ4v) is 2.96. The number of amides is 1. The standard InChI is InChI=1S/C16H24N2O/c1-12(2)13-4-6-14(7-5-13)16(11-17-3)8-9-18-15(19)10-16/h4-7,12,17H,8-11H2,1-3H3,(H,18,19). The van der Waals surface area contributed by atoms with Crippen LogP contribution in [0.25, 0.3) is 0 Å². The summed E-state index contributed by atoms with van der Waals surface area (Å²) in [6.07, 6.45) is 1.58. The van der Waals surface area contributed by atoms with Crippen LogP contribution in [0, 0.1) is 0 Å². The van der Waals surface area contributed by atoms with Crippen LogP contribution in [0.4, 0.5) is 0 Å². The summed E-state index contributed by atoms with van der Waals surface area (Å²) >= 11 is 0. The summed E-state index contributed by atoms with van der Waals surface area (Å²) in [5, 5.41) is 6.18. The van der Waals surface area contributed by atoms with E-state index >= 15 is 0 Å². The summed E-state index contributed by atoms with van der Waals surface area (Å²) in [6.45, 7) is 6.02. The molecule has 1 saturated heterocycles. The molecule has 1 amide bonds. The lowest BCUT2D eigenvalue weighted by Crippen LogP contribution is -2.48. The predicted octanol–water partition coefficient (Wildman–Crippen LogP) is 2.18. The van der Waals surface area contributed by atoms with Crippen molar-refractivity contribution in [3.63, 3.8) is 0 Å². The zero-order valence-electron chi connectivity index (χ0n) is 12.1. The van der Waals surface area contributed by atoms with Gasteiger partial charge in [0.2, 0.25) is 5.91 Å². The highest BCUT2D eigenvalue weighted by molar-refractivity contribution is 5.78. The molecule has 2 N–H and O–H groups in total. The van der Waals surface area contributed by atoms with Gasteiger partial charge in [-0.2, -0.15) is 0 Å². The van der Waals surface area contributed by atoms with Crippen molar-refractivity contribution in [1.82, 2.24) is 10.6 Å². The minimum Gasteiger partial charge on any atom is -0.356 e. The van der Waals surface area contributed by atoms with Gasteiger partial charge >= 0.3 is 0 Å². The second-order valence-corrected chi connectivity index (χ2v) is 5.86. The summed E-state index contributed by atoms with van der Waals surface area (Å²) in [7, 11) is 1.96. The van der Waals surface area contributed by atoms with Gasteiger partial charge in [0, 0.05) is 24.9 Å². The Kier molecular flexibility index (Phi) is 4.25. The first-order valence-corrected chi connectivity index (χ1v) is 7.09. The van der Waals surface area contributed by atoms with Gasteiger partial charge in [0.1, 0.15) is 0 Å². The van der Waals surface area contributed by atoms with Crippen LogP contribution in [0.15, 0.2) is 24.3 Å². The first-order valence-electron chi connectivity index (χ1n) is 7.09. The molecule has 1 aliphatic heterocycles. The van der Waals surface area contributed by atoms with Gasteiger partial charge in [0.05, 0.1) is 0 Å². The van der Waals surface area contributed by atoms with Gasteiger partial charge in [-0.25, -0.2) is 0 Å². The highest BCUT2D eigenvalue weighted by atomic mass is 16.1. The third-order valence-corrected chi connectivity index (χ3v) is 4.13. The lowest BCUT2D eigenvalue weighted by molar-refractivity contribution is -0.124. The summed E-state index contributed by atoms with van der Waals surface area (Å²) in [6, 6.07) is 8.80. The second-order valence-electron chi connectivity index (χ2n) is 5.86. The summed E-state index contributed by atoms with van der Waals surface area (Å²) < 4.78 is 0. The number of hydrogen-bond acceptors (Lipinski definition) is 2. The van der Waals surface area contributed by atoms with Crippen molar-refractivity contribution in [2.24, 2.45) is 0 Å². The van der Waals surface area contributed by atoms with E-state index in [4.69, 9.17) is 0 Å². The van der Waals surface area contributed by atoms with Crippen LogP contribution < -0.4 is 10.6 Å². The SMILES string of the molecule is CNCC1(c2ccc(C(C)C)cc2)CCNC(=O)C1. The lowest BCUT2D eigenvalue weighted by Gasteiger charge is -2.37. The van der Waals surface area contributed by atoms with Crippen molar-refractivity contribution < 1.29 is 4.79 Å². The Bertz CT molecular complexity index is 435. The molecule has 1 atom stereocenters. The lowest BCUT2D eigenvalue weighted by atomic mass is 9.72.